The first kappa shape index (κ1) is 18.1. The zero-order valence-electron chi connectivity index (χ0n) is 14.5. The average Bonchev–Trinajstić information content (AvgIpc) is 3.01. The first-order valence-corrected chi connectivity index (χ1v) is 8.49. The van der Waals surface area contributed by atoms with Gasteiger partial charge < -0.3 is 19.7 Å². The first-order valence-electron chi connectivity index (χ1n) is 8.11. The van der Waals surface area contributed by atoms with Crippen molar-refractivity contribution >= 4 is 29.1 Å². The molecule has 26 heavy (non-hydrogen) atoms. The minimum atomic E-state index is -0.292. The average molecular weight is 375 g/mol. The summed E-state index contributed by atoms with van der Waals surface area (Å²) >= 11 is 6.06. The van der Waals surface area contributed by atoms with Crippen molar-refractivity contribution in [2.24, 2.45) is 0 Å². The highest BCUT2D eigenvalue weighted by Crippen LogP contribution is 2.33. The molecule has 1 N–H and O–H groups in total. The largest absolute Gasteiger partial charge is 0.493 e. The Labute approximate surface area is 156 Å². The highest BCUT2D eigenvalue weighted by atomic mass is 35.5. The first-order chi connectivity index (χ1) is 12.5. The van der Waals surface area contributed by atoms with Gasteiger partial charge in [-0.15, -0.1) is 0 Å². The predicted molar refractivity (Wildman–Crippen MR) is 99.2 cm³/mol. The number of anilines is 1. The standard InChI is InChI=1S/C19H19ClN2O4/c1-25-16-8-7-13(10-17(16)26-2)22-11-12(9-18(22)23)21-19(24)14-5-3-4-6-15(14)20/h3-8,10,12H,9,11H2,1-2H3,(H,21,24)/t12-/m0/s1. The van der Waals surface area contributed by atoms with Crippen LogP contribution < -0.4 is 19.7 Å². The van der Waals surface area contributed by atoms with Gasteiger partial charge in [-0.3, -0.25) is 9.59 Å². The molecule has 0 spiro atoms. The molecule has 0 saturated carbocycles. The number of hydrogen-bond acceptors (Lipinski definition) is 4. The lowest BCUT2D eigenvalue weighted by molar-refractivity contribution is -0.117. The number of carbonyl (C=O) groups excluding carboxylic acids is 2. The van der Waals surface area contributed by atoms with E-state index in [1.165, 1.54) is 0 Å². The second-order valence-electron chi connectivity index (χ2n) is 5.90. The van der Waals surface area contributed by atoms with E-state index >= 15 is 0 Å². The lowest BCUT2D eigenvalue weighted by Crippen LogP contribution is -2.37. The molecule has 0 bridgehead atoms. The molecule has 1 fully saturated rings. The molecule has 136 valence electrons. The fourth-order valence-corrected chi connectivity index (χ4v) is 3.18. The van der Waals surface area contributed by atoms with Crippen LogP contribution in [0.4, 0.5) is 5.69 Å². The third kappa shape index (κ3) is 3.60. The molecule has 2 aromatic rings. The van der Waals surface area contributed by atoms with E-state index in [4.69, 9.17) is 21.1 Å². The van der Waals surface area contributed by atoms with Crippen LogP contribution in [0.15, 0.2) is 42.5 Å². The Bertz CT molecular complexity index is 840. The van der Waals surface area contributed by atoms with Crippen LogP contribution in [0, 0.1) is 0 Å². The number of nitrogens with one attached hydrogen (secondary N) is 1. The second kappa shape index (κ2) is 7.66. The van der Waals surface area contributed by atoms with Crippen molar-refractivity contribution in [3.8, 4) is 11.5 Å². The van der Waals surface area contributed by atoms with Crippen LogP contribution in [-0.4, -0.2) is 38.6 Å². The zero-order valence-corrected chi connectivity index (χ0v) is 15.2. The number of carbonyl (C=O) groups is 2. The number of hydrogen-bond donors (Lipinski definition) is 1. The van der Waals surface area contributed by atoms with Crippen LogP contribution in [-0.2, 0) is 4.79 Å². The third-order valence-electron chi connectivity index (χ3n) is 4.26. The summed E-state index contributed by atoms with van der Waals surface area (Å²) in [4.78, 5) is 26.4. The van der Waals surface area contributed by atoms with Gasteiger partial charge in [0, 0.05) is 24.7 Å². The number of ether oxygens (including phenoxy) is 2. The van der Waals surface area contributed by atoms with Crippen molar-refractivity contribution < 1.29 is 19.1 Å². The van der Waals surface area contributed by atoms with Gasteiger partial charge in [-0.2, -0.15) is 0 Å². The van der Waals surface area contributed by atoms with Gasteiger partial charge in [0.2, 0.25) is 5.91 Å². The normalized spacial score (nSPS) is 16.5. The van der Waals surface area contributed by atoms with E-state index < -0.39 is 0 Å². The lowest BCUT2D eigenvalue weighted by atomic mass is 10.2. The van der Waals surface area contributed by atoms with Crippen molar-refractivity contribution in [1.29, 1.82) is 0 Å². The summed E-state index contributed by atoms with van der Waals surface area (Å²) in [5, 5.41) is 3.26. The minimum Gasteiger partial charge on any atom is -0.493 e. The smallest absolute Gasteiger partial charge is 0.253 e. The molecule has 1 atom stereocenters. The maximum atomic E-state index is 12.4. The van der Waals surface area contributed by atoms with E-state index in [2.05, 4.69) is 5.32 Å². The van der Waals surface area contributed by atoms with Gasteiger partial charge in [-0.05, 0) is 24.3 Å². The molecule has 1 saturated heterocycles. The molecule has 3 rings (SSSR count). The fourth-order valence-electron chi connectivity index (χ4n) is 2.96. The van der Waals surface area contributed by atoms with E-state index in [9.17, 15) is 9.59 Å². The van der Waals surface area contributed by atoms with Crippen molar-refractivity contribution in [3.63, 3.8) is 0 Å². The Balaban J connectivity index is 1.73. The van der Waals surface area contributed by atoms with Crippen LogP contribution in [0.2, 0.25) is 5.02 Å². The van der Waals surface area contributed by atoms with Gasteiger partial charge in [0.1, 0.15) is 0 Å². The maximum absolute atomic E-state index is 12.4. The van der Waals surface area contributed by atoms with E-state index in [1.54, 1.807) is 61.6 Å². The lowest BCUT2D eigenvalue weighted by Gasteiger charge is -2.19. The molecule has 1 aliphatic heterocycles. The van der Waals surface area contributed by atoms with Gasteiger partial charge in [-0.25, -0.2) is 0 Å². The monoisotopic (exact) mass is 374 g/mol. The molecule has 2 aromatic carbocycles. The molecule has 0 aromatic heterocycles. The quantitative estimate of drug-likeness (QED) is 0.873. The summed E-state index contributed by atoms with van der Waals surface area (Å²) < 4.78 is 10.5. The summed E-state index contributed by atoms with van der Waals surface area (Å²) in [5.41, 5.74) is 1.09. The number of benzene rings is 2. The summed E-state index contributed by atoms with van der Waals surface area (Å²) in [6.45, 7) is 0.379. The number of rotatable bonds is 5. The van der Waals surface area contributed by atoms with E-state index in [0.717, 1.165) is 0 Å². The predicted octanol–water partition coefficient (Wildman–Crippen LogP) is 2.89. The molecular formula is C19H19ClN2O4. The Hall–Kier alpha value is -2.73. The number of amides is 2. The van der Waals surface area contributed by atoms with Crippen molar-refractivity contribution in [3.05, 3.63) is 53.1 Å². The van der Waals surface area contributed by atoms with Crippen LogP contribution in [0.25, 0.3) is 0 Å². The number of nitrogens with zero attached hydrogens (tertiary/aromatic N) is 1. The SMILES string of the molecule is COc1ccc(N2C[C@@H](NC(=O)c3ccccc3Cl)CC2=O)cc1OC. The van der Waals surface area contributed by atoms with Gasteiger partial charge >= 0.3 is 0 Å². The molecule has 1 aliphatic rings. The molecule has 0 radical (unpaired) electrons. The summed E-state index contributed by atoms with van der Waals surface area (Å²) in [5.74, 6) is 0.775. The fraction of sp³-hybridized carbons (Fsp3) is 0.263. The molecule has 2 amide bonds. The Morgan fingerprint density at radius 1 is 1.15 bits per heavy atom. The molecule has 0 aliphatic carbocycles. The Morgan fingerprint density at radius 2 is 1.88 bits per heavy atom. The highest BCUT2D eigenvalue weighted by Gasteiger charge is 2.32. The van der Waals surface area contributed by atoms with Crippen molar-refractivity contribution in [2.75, 3.05) is 25.7 Å². The van der Waals surface area contributed by atoms with Crippen LogP contribution in [0.1, 0.15) is 16.8 Å². The van der Waals surface area contributed by atoms with Crippen molar-refractivity contribution in [1.82, 2.24) is 5.32 Å². The van der Waals surface area contributed by atoms with Gasteiger partial charge in [0.05, 0.1) is 30.8 Å². The number of methoxy groups -OCH3 is 2. The molecule has 0 unspecified atom stereocenters. The van der Waals surface area contributed by atoms with Crippen LogP contribution in [0.5, 0.6) is 11.5 Å². The molecule has 7 heteroatoms. The summed E-state index contributed by atoms with van der Waals surface area (Å²) in [6, 6.07) is 11.8. The Morgan fingerprint density at radius 3 is 2.58 bits per heavy atom. The molecular weight excluding hydrogens is 356 g/mol. The number of halogens is 1. The minimum absolute atomic E-state index is 0.0679. The third-order valence-corrected chi connectivity index (χ3v) is 4.59. The molecule has 1 heterocycles. The summed E-state index contributed by atoms with van der Waals surface area (Å²) in [6.07, 6.45) is 0.227. The highest BCUT2D eigenvalue weighted by molar-refractivity contribution is 6.33. The van der Waals surface area contributed by atoms with Crippen LogP contribution in [0.3, 0.4) is 0 Å². The van der Waals surface area contributed by atoms with E-state index in [0.29, 0.717) is 34.3 Å². The second-order valence-corrected chi connectivity index (χ2v) is 6.31. The maximum Gasteiger partial charge on any atom is 0.253 e. The zero-order chi connectivity index (χ0) is 18.7. The van der Waals surface area contributed by atoms with Gasteiger partial charge in [0.25, 0.3) is 5.91 Å². The molecule has 6 nitrogen and oxygen atoms in total. The topological polar surface area (TPSA) is 67.9 Å². The van der Waals surface area contributed by atoms with E-state index in [1.807, 2.05) is 0 Å². The Kier molecular flexibility index (Phi) is 5.32. The van der Waals surface area contributed by atoms with Gasteiger partial charge in [-0.1, -0.05) is 23.7 Å². The van der Waals surface area contributed by atoms with E-state index in [-0.39, 0.29) is 24.3 Å². The van der Waals surface area contributed by atoms with Crippen LogP contribution >= 0.6 is 11.6 Å². The van der Waals surface area contributed by atoms with Gasteiger partial charge in [0.15, 0.2) is 11.5 Å². The van der Waals surface area contributed by atoms with Crippen molar-refractivity contribution in [2.45, 2.75) is 12.5 Å². The summed E-state index contributed by atoms with van der Waals surface area (Å²) in [7, 11) is 3.10.